The van der Waals surface area contributed by atoms with E-state index >= 15 is 0 Å². The quantitative estimate of drug-likeness (QED) is 0.669. The summed E-state index contributed by atoms with van der Waals surface area (Å²) < 4.78 is 2.30. The Balaban J connectivity index is 2.87. The summed E-state index contributed by atoms with van der Waals surface area (Å²) in [4.78, 5) is 0. The van der Waals surface area contributed by atoms with Crippen molar-refractivity contribution in [1.29, 1.82) is 0 Å². The number of hydrogen-bond acceptors (Lipinski definition) is 0. The molecule has 2 aromatic rings. The van der Waals surface area contributed by atoms with Gasteiger partial charge in [0.2, 0.25) is 5.69 Å². The molecular weight excluding hydrogens is 218 g/mol. The van der Waals surface area contributed by atoms with Gasteiger partial charge in [-0.25, -0.2) is 0 Å². The van der Waals surface area contributed by atoms with Crippen LogP contribution in [0.3, 0.4) is 0 Å². The maximum absolute atomic E-state index is 2.30. The second-order valence-corrected chi connectivity index (χ2v) is 5.27. The summed E-state index contributed by atoms with van der Waals surface area (Å²) in [5, 5.41) is 0. The highest BCUT2D eigenvalue weighted by molar-refractivity contribution is 5.68. The van der Waals surface area contributed by atoms with Gasteiger partial charge in [0.25, 0.3) is 0 Å². The molecule has 0 saturated heterocycles. The minimum absolute atomic E-state index is 1.30. The lowest BCUT2D eigenvalue weighted by Gasteiger charge is -2.13. The fourth-order valence-electron chi connectivity index (χ4n) is 2.68. The smallest absolute Gasteiger partial charge is 0.198 e. The number of benzene rings is 1. The van der Waals surface area contributed by atoms with E-state index in [0.29, 0.717) is 0 Å². The highest BCUT2D eigenvalue weighted by Gasteiger charge is 2.21. The van der Waals surface area contributed by atoms with E-state index in [1.54, 1.807) is 0 Å². The second kappa shape index (κ2) is 4.56. The minimum atomic E-state index is 1.30. The normalized spacial score (nSPS) is 10.8. The van der Waals surface area contributed by atoms with E-state index in [1.807, 2.05) is 0 Å². The average Bonchev–Trinajstić information content (AvgIpc) is 2.30. The molecule has 0 amide bonds. The van der Waals surface area contributed by atoms with Gasteiger partial charge in [-0.1, -0.05) is 18.2 Å². The molecule has 94 valence electrons. The monoisotopic (exact) mass is 240 g/mol. The molecule has 0 N–H and O–H groups in total. The van der Waals surface area contributed by atoms with Crippen molar-refractivity contribution < 1.29 is 4.57 Å². The molecule has 0 atom stereocenters. The number of rotatable bonds is 1. The van der Waals surface area contributed by atoms with Crippen molar-refractivity contribution in [2.75, 3.05) is 0 Å². The van der Waals surface area contributed by atoms with Crippen molar-refractivity contribution >= 4 is 0 Å². The molecule has 0 radical (unpaired) electrons. The third kappa shape index (κ3) is 1.94. The van der Waals surface area contributed by atoms with Gasteiger partial charge < -0.3 is 0 Å². The Morgan fingerprint density at radius 2 is 1.39 bits per heavy atom. The lowest BCUT2D eigenvalue weighted by Crippen LogP contribution is -2.36. The first-order valence-electron chi connectivity index (χ1n) is 6.47. The molecule has 0 saturated carbocycles. The first-order chi connectivity index (χ1) is 8.43. The summed E-state index contributed by atoms with van der Waals surface area (Å²) in [5.74, 6) is 0. The van der Waals surface area contributed by atoms with Crippen LogP contribution in [0, 0.1) is 34.6 Å². The van der Waals surface area contributed by atoms with E-state index in [2.05, 4.69) is 70.5 Å². The topological polar surface area (TPSA) is 3.88 Å². The van der Waals surface area contributed by atoms with Crippen LogP contribution in [0.5, 0.6) is 0 Å². The van der Waals surface area contributed by atoms with Crippen molar-refractivity contribution in [1.82, 2.24) is 0 Å². The van der Waals surface area contributed by atoms with Crippen LogP contribution >= 0.6 is 0 Å². The number of hydrogen-bond donors (Lipinski definition) is 0. The Labute approximate surface area is 110 Å². The molecule has 1 aromatic carbocycles. The lowest BCUT2D eigenvalue weighted by molar-refractivity contribution is -0.667. The van der Waals surface area contributed by atoms with Crippen LogP contribution in [0.4, 0.5) is 0 Å². The molecule has 18 heavy (non-hydrogen) atoms. The molecule has 2 rings (SSSR count). The Morgan fingerprint density at radius 1 is 0.833 bits per heavy atom. The molecule has 1 heteroatoms. The van der Waals surface area contributed by atoms with E-state index in [4.69, 9.17) is 0 Å². The highest BCUT2D eigenvalue weighted by atomic mass is 14.9. The number of aromatic nitrogens is 1. The summed E-state index contributed by atoms with van der Waals surface area (Å²) in [6.45, 7) is 11.0. The van der Waals surface area contributed by atoms with E-state index in [-0.39, 0.29) is 0 Å². The standard InChI is InChI=1S/C17H22N/c1-11-8-7-9-12(2)16(11)17-15(5)13(3)10-14(4)18(17)6/h7-10H,1-6H3/q+1. The molecule has 0 fully saturated rings. The summed E-state index contributed by atoms with van der Waals surface area (Å²) >= 11 is 0. The van der Waals surface area contributed by atoms with Crippen LogP contribution in [0.1, 0.15) is 27.9 Å². The summed E-state index contributed by atoms with van der Waals surface area (Å²) in [6, 6.07) is 8.78. The summed E-state index contributed by atoms with van der Waals surface area (Å²) in [7, 11) is 2.16. The van der Waals surface area contributed by atoms with Gasteiger partial charge in [-0.15, -0.1) is 0 Å². The Bertz CT molecular complexity index is 563. The lowest BCUT2D eigenvalue weighted by atomic mass is 9.94. The SMILES string of the molecule is Cc1cc(C)[n+](C)c(-c2c(C)cccc2C)c1C. The molecule has 1 heterocycles. The van der Waals surface area contributed by atoms with Crippen LogP contribution in [0.2, 0.25) is 0 Å². The van der Waals surface area contributed by atoms with Crippen LogP contribution in [0.25, 0.3) is 11.3 Å². The first kappa shape index (κ1) is 12.8. The maximum atomic E-state index is 2.30. The highest BCUT2D eigenvalue weighted by Crippen LogP contribution is 2.28. The zero-order valence-corrected chi connectivity index (χ0v) is 12.3. The minimum Gasteiger partial charge on any atom is -0.198 e. The van der Waals surface area contributed by atoms with Crippen molar-refractivity contribution in [2.45, 2.75) is 34.6 Å². The Morgan fingerprint density at radius 3 is 1.94 bits per heavy atom. The van der Waals surface area contributed by atoms with Gasteiger partial charge in [0.05, 0.1) is 5.56 Å². The van der Waals surface area contributed by atoms with Gasteiger partial charge in [0.15, 0.2) is 5.69 Å². The number of aryl methyl sites for hydroxylation is 4. The molecular formula is C17H22N+. The molecule has 1 aromatic heterocycles. The Hall–Kier alpha value is -1.63. The molecule has 0 aliphatic rings. The fraction of sp³-hybridized carbons (Fsp3) is 0.353. The Kier molecular flexibility index (Phi) is 3.25. The van der Waals surface area contributed by atoms with Crippen LogP contribution < -0.4 is 4.57 Å². The van der Waals surface area contributed by atoms with Crippen LogP contribution in [-0.4, -0.2) is 0 Å². The van der Waals surface area contributed by atoms with Gasteiger partial charge >= 0.3 is 0 Å². The third-order valence-corrected chi connectivity index (χ3v) is 3.95. The molecule has 0 bridgehead atoms. The molecule has 1 nitrogen and oxygen atoms in total. The average molecular weight is 240 g/mol. The van der Waals surface area contributed by atoms with Gasteiger partial charge in [0.1, 0.15) is 7.05 Å². The number of nitrogens with zero attached hydrogens (tertiary/aromatic N) is 1. The van der Waals surface area contributed by atoms with Crippen LogP contribution in [-0.2, 0) is 7.05 Å². The van der Waals surface area contributed by atoms with Crippen molar-refractivity contribution in [3.05, 3.63) is 52.2 Å². The van der Waals surface area contributed by atoms with Gasteiger partial charge in [0, 0.05) is 18.6 Å². The zero-order valence-electron chi connectivity index (χ0n) is 12.3. The number of pyridine rings is 1. The van der Waals surface area contributed by atoms with Gasteiger partial charge in [-0.05, 0) is 44.4 Å². The third-order valence-electron chi connectivity index (χ3n) is 3.95. The summed E-state index contributed by atoms with van der Waals surface area (Å²) in [5.41, 5.74) is 9.46. The predicted octanol–water partition coefficient (Wildman–Crippen LogP) is 3.72. The summed E-state index contributed by atoms with van der Waals surface area (Å²) in [6.07, 6.45) is 0. The van der Waals surface area contributed by atoms with Gasteiger partial charge in [-0.3, -0.25) is 0 Å². The molecule has 0 aliphatic heterocycles. The zero-order chi connectivity index (χ0) is 13.4. The predicted molar refractivity (Wildman–Crippen MR) is 76.7 cm³/mol. The maximum Gasteiger partial charge on any atom is 0.216 e. The first-order valence-corrected chi connectivity index (χ1v) is 6.47. The van der Waals surface area contributed by atoms with E-state index < -0.39 is 0 Å². The molecule has 0 unspecified atom stereocenters. The fourth-order valence-corrected chi connectivity index (χ4v) is 2.68. The van der Waals surface area contributed by atoms with E-state index in [9.17, 15) is 0 Å². The largest absolute Gasteiger partial charge is 0.216 e. The van der Waals surface area contributed by atoms with E-state index in [1.165, 1.54) is 39.2 Å². The molecule has 0 aliphatic carbocycles. The van der Waals surface area contributed by atoms with Gasteiger partial charge in [-0.2, -0.15) is 4.57 Å². The van der Waals surface area contributed by atoms with E-state index in [0.717, 1.165) is 0 Å². The van der Waals surface area contributed by atoms with Crippen molar-refractivity contribution in [3.8, 4) is 11.3 Å². The van der Waals surface area contributed by atoms with Crippen molar-refractivity contribution in [3.63, 3.8) is 0 Å². The van der Waals surface area contributed by atoms with Crippen molar-refractivity contribution in [2.24, 2.45) is 7.05 Å². The van der Waals surface area contributed by atoms with Crippen LogP contribution in [0.15, 0.2) is 24.3 Å². The second-order valence-electron chi connectivity index (χ2n) is 5.27. The molecule has 0 spiro atoms.